The maximum absolute atomic E-state index is 13.3. The van der Waals surface area contributed by atoms with E-state index in [2.05, 4.69) is 0 Å². The van der Waals surface area contributed by atoms with Crippen LogP contribution in [0, 0.1) is 0 Å². The largest absolute Gasteiger partial charge is 0.484 e. The summed E-state index contributed by atoms with van der Waals surface area (Å²) in [5, 5.41) is 9.35. The van der Waals surface area contributed by atoms with E-state index in [1.165, 1.54) is 0 Å². The molecule has 110 valence electrons. The number of fused-ring (bicyclic) bond motifs is 1. The second-order valence-corrected chi connectivity index (χ2v) is 5.93. The van der Waals surface area contributed by atoms with Crippen molar-refractivity contribution in [3.05, 3.63) is 17.7 Å². The summed E-state index contributed by atoms with van der Waals surface area (Å²) in [4.78, 5) is 1.59. The Morgan fingerprint density at radius 1 is 1.45 bits per heavy atom. The Morgan fingerprint density at radius 2 is 2.20 bits per heavy atom. The number of alkyl halides is 2. The van der Waals surface area contributed by atoms with E-state index in [-0.39, 0.29) is 26.1 Å². The van der Waals surface area contributed by atoms with Crippen LogP contribution in [0.25, 0.3) is 0 Å². The number of anilines is 2. The first-order valence-electron chi connectivity index (χ1n) is 6.67. The summed E-state index contributed by atoms with van der Waals surface area (Å²) >= 11 is 0. The Balaban J connectivity index is 1.91. The molecule has 1 unspecified atom stereocenters. The Bertz CT molecular complexity index is 550. The van der Waals surface area contributed by atoms with Gasteiger partial charge in [0.15, 0.2) is 0 Å². The first-order valence-corrected chi connectivity index (χ1v) is 6.67. The van der Waals surface area contributed by atoms with Gasteiger partial charge in [0, 0.05) is 31.0 Å². The Hall–Kier alpha value is -1.56. The molecule has 0 aromatic heterocycles. The van der Waals surface area contributed by atoms with Crippen molar-refractivity contribution in [1.29, 1.82) is 0 Å². The molecular weight excluding hydrogens is 266 g/mol. The Kier molecular flexibility index (Phi) is 2.83. The van der Waals surface area contributed by atoms with Crippen LogP contribution in [0.5, 0.6) is 5.75 Å². The van der Waals surface area contributed by atoms with Crippen LogP contribution >= 0.6 is 0 Å². The summed E-state index contributed by atoms with van der Waals surface area (Å²) in [7, 11) is 0. The normalized spacial score (nSPS) is 27.5. The Labute approximate surface area is 116 Å². The molecule has 0 spiro atoms. The molecule has 1 saturated heterocycles. The topological polar surface area (TPSA) is 58.7 Å². The summed E-state index contributed by atoms with van der Waals surface area (Å²) in [6.07, 6.45) is 0.415. The average molecular weight is 284 g/mol. The molecule has 2 aliphatic rings. The van der Waals surface area contributed by atoms with E-state index in [1.807, 2.05) is 6.92 Å². The highest BCUT2D eigenvalue weighted by Gasteiger charge is 2.40. The molecule has 0 aliphatic carbocycles. The molecule has 0 bridgehead atoms. The van der Waals surface area contributed by atoms with Gasteiger partial charge in [-0.3, -0.25) is 0 Å². The maximum Gasteiger partial charge on any atom is 0.266 e. The van der Waals surface area contributed by atoms with E-state index in [4.69, 9.17) is 10.5 Å². The number of halogens is 2. The molecule has 1 atom stereocenters. The standard InChI is InChI=1S/C14H18F2N2O2/c1-13(8-19)6-9-4-10(17)11(5-12(9)20-13)18-3-2-14(15,16)7-18/h4-5,19H,2-3,6-8,17H2,1H3. The second-order valence-electron chi connectivity index (χ2n) is 5.93. The number of nitrogens with two attached hydrogens (primary N) is 1. The Morgan fingerprint density at radius 3 is 2.80 bits per heavy atom. The van der Waals surface area contributed by atoms with E-state index in [1.54, 1.807) is 17.0 Å². The lowest BCUT2D eigenvalue weighted by atomic mass is 10.00. The van der Waals surface area contributed by atoms with Crippen molar-refractivity contribution in [3.63, 3.8) is 0 Å². The summed E-state index contributed by atoms with van der Waals surface area (Å²) in [5.41, 5.74) is 7.31. The van der Waals surface area contributed by atoms with Gasteiger partial charge in [0.25, 0.3) is 5.92 Å². The minimum absolute atomic E-state index is 0.0985. The lowest BCUT2D eigenvalue weighted by molar-refractivity contribution is 0.0257. The summed E-state index contributed by atoms with van der Waals surface area (Å²) in [6, 6.07) is 3.48. The van der Waals surface area contributed by atoms with Crippen molar-refractivity contribution in [2.45, 2.75) is 31.3 Å². The van der Waals surface area contributed by atoms with Gasteiger partial charge in [-0.05, 0) is 13.0 Å². The SMILES string of the molecule is CC1(CO)Cc2cc(N)c(N3CCC(F)(F)C3)cc2O1. The van der Waals surface area contributed by atoms with Crippen molar-refractivity contribution in [1.82, 2.24) is 0 Å². The fraction of sp³-hybridized carbons (Fsp3) is 0.571. The number of nitrogens with zero attached hydrogens (tertiary/aromatic N) is 1. The third-order valence-electron chi connectivity index (χ3n) is 3.98. The molecule has 3 rings (SSSR count). The fourth-order valence-electron chi connectivity index (χ4n) is 2.87. The van der Waals surface area contributed by atoms with Gasteiger partial charge < -0.3 is 20.5 Å². The fourth-order valence-corrected chi connectivity index (χ4v) is 2.87. The maximum atomic E-state index is 13.3. The molecule has 1 aromatic rings. The molecule has 4 nitrogen and oxygen atoms in total. The number of nitrogen functional groups attached to an aromatic ring is 1. The highest BCUT2D eigenvalue weighted by molar-refractivity contribution is 5.72. The number of aliphatic hydroxyl groups is 1. The van der Waals surface area contributed by atoms with Crippen LogP contribution in [0.4, 0.5) is 20.2 Å². The van der Waals surface area contributed by atoms with Gasteiger partial charge in [-0.1, -0.05) is 0 Å². The van der Waals surface area contributed by atoms with Gasteiger partial charge in [-0.2, -0.15) is 0 Å². The van der Waals surface area contributed by atoms with Crippen LogP contribution in [-0.4, -0.2) is 36.3 Å². The zero-order chi connectivity index (χ0) is 14.5. The number of hydrogen-bond acceptors (Lipinski definition) is 4. The average Bonchev–Trinajstić information content (AvgIpc) is 2.88. The quantitative estimate of drug-likeness (QED) is 0.813. The smallest absolute Gasteiger partial charge is 0.266 e. The summed E-state index contributed by atoms with van der Waals surface area (Å²) in [5.74, 6) is -2.03. The molecule has 0 amide bonds. The lowest BCUT2D eigenvalue weighted by Crippen LogP contribution is -2.34. The molecule has 2 heterocycles. The molecule has 2 aliphatic heterocycles. The van der Waals surface area contributed by atoms with Crippen molar-refractivity contribution in [2.75, 3.05) is 30.3 Å². The van der Waals surface area contributed by atoms with Crippen LogP contribution in [-0.2, 0) is 6.42 Å². The van der Waals surface area contributed by atoms with E-state index in [9.17, 15) is 13.9 Å². The third-order valence-corrected chi connectivity index (χ3v) is 3.98. The monoisotopic (exact) mass is 284 g/mol. The van der Waals surface area contributed by atoms with Crippen molar-refractivity contribution in [3.8, 4) is 5.75 Å². The lowest BCUT2D eigenvalue weighted by Gasteiger charge is -2.22. The van der Waals surface area contributed by atoms with Gasteiger partial charge in [-0.25, -0.2) is 8.78 Å². The number of hydrogen-bond donors (Lipinski definition) is 2. The predicted octanol–water partition coefficient (Wildman–Crippen LogP) is 1.80. The van der Waals surface area contributed by atoms with E-state index in [0.717, 1.165) is 5.56 Å². The van der Waals surface area contributed by atoms with E-state index in [0.29, 0.717) is 23.5 Å². The minimum Gasteiger partial charge on any atom is -0.484 e. The van der Waals surface area contributed by atoms with Gasteiger partial charge >= 0.3 is 0 Å². The van der Waals surface area contributed by atoms with Crippen molar-refractivity contribution < 1.29 is 18.6 Å². The van der Waals surface area contributed by atoms with Crippen LogP contribution in [0.1, 0.15) is 18.9 Å². The van der Waals surface area contributed by atoms with Crippen molar-refractivity contribution in [2.24, 2.45) is 0 Å². The van der Waals surface area contributed by atoms with Crippen LogP contribution in [0.3, 0.4) is 0 Å². The first-order chi connectivity index (χ1) is 9.32. The second kappa shape index (κ2) is 4.22. The van der Waals surface area contributed by atoms with Crippen LogP contribution in [0.15, 0.2) is 12.1 Å². The molecule has 1 aromatic carbocycles. The van der Waals surface area contributed by atoms with Crippen LogP contribution in [0.2, 0.25) is 0 Å². The highest BCUT2D eigenvalue weighted by Crippen LogP contribution is 2.42. The van der Waals surface area contributed by atoms with Gasteiger partial charge in [0.1, 0.15) is 11.4 Å². The molecule has 1 fully saturated rings. The third kappa shape index (κ3) is 2.18. The van der Waals surface area contributed by atoms with Crippen LogP contribution < -0.4 is 15.4 Å². The highest BCUT2D eigenvalue weighted by atomic mass is 19.3. The number of aliphatic hydroxyl groups excluding tert-OH is 1. The van der Waals surface area contributed by atoms with E-state index < -0.39 is 11.5 Å². The summed E-state index contributed by atoms with van der Waals surface area (Å²) < 4.78 is 32.4. The molecule has 20 heavy (non-hydrogen) atoms. The van der Waals surface area contributed by atoms with Gasteiger partial charge in [0.2, 0.25) is 0 Å². The molecule has 6 heteroatoms. The van der Waals surface area contributed by atoms with Gasteiger partial charge in [-0.15, -0.1) is 0 Å². The minimum atomic E-state index is -2.66. The molecule has 0 saturated carbocycles. The zero-order valence-corrected chi connectivity index (χ0v) is 11.3. The van der Waals surface area contributed by atoms with Gasteiger partial charge in [0.05, 0.1) is 24.5 Å². The predicted molar refractivity (Wildman–Crippen MR) is 72.5 cm³/mol. The molecule has 3 N–H and O–H groups in total. The number of ether oxygens (including phenoxy) is 1. The molecule has 0 radical (unpaired) electrons. The first kappa shape index (κ1) is 13.4. The number of benzene rings is 1. The van der Waals surface area contributed by atoms with E-state index >= 15 is 0 Å². The summed E-state index contributed by atoms with van der Waals surface area (Å²) in [6.45, 7) is 1.69. The zero-order valence-electron chi connectivity index (χ0n) is 11.3. The van der Waals surface area contributed by atoms with Crippen molar-refractivity contribution >= 4 is 11.4 Å². The number of rotatable bonds is 2. The molecular formula is C14H18F2N2O2.